The Morgan fingerprint density at radius 2 is 1.93 bits per heavy atom. The predicted molar refractivity (Wildman–Crippen MR) is 113 cm³/mol. The fraction of sp³-hybridized carbons (Fsp3) is 0.500. The lowest BCUT2D eigenvalue weighted by Crippen LogP contribution is -2.45. The molecule has 0 spiro atoms. The Morgan fingerprint density at radius 1 is 1.17 bits per heavy atom. The summed E-state index contributed by atoms with van der Waals surface area (Å²) in [4.78, 5) is 15.1. The number of sulfonamides is 1. The highest BCUT2D eigenvalue weighted by Crippen LogP contribution is 2.19. The van der Waals surface area contributed by atoms with Gasteiger partial charge in [-0.3, -0.25) is 4.79 Å². The normalized spacial score (nSPS) is 17.0. The van der Waals surface area contributed by atoms with Gasteiger partial charge >= 0.3 is 0 Å². The van der Waals surface area contributed by atoms with Crippen LogP contribution in [0.3, 0.4) is 0 Å². The second-order valence-corrected chi connectivity index (χ2v) is 9.93. The topological polar surface area (TPSA) is 80.1 Å². The number of carbonyl (C=O) groups is 1. The zero-order chi connectivity index (χ0) is 21.6. The van der Waals surface area contributed by atoms with Crippen LogP contribution in [0, 0.1) is 5.92 Å². The van der Waals surface area contributed by atoms with Crippen LogP contribution in [0.5, 0.6) is 0 Å². The molecule has 1 atom stereocenters. The van der Waals surface area contributed by atoms with Gasteiger partial charge in [0, 0.05) is 19.7 Å². The molecule has 1 saturated heterocycles. The molecule has 164 valence electrons. The van der Waals surface area contributed by atoms with Crippen molar-refractivity contribution in [3.63, 3.8) is 0 Å². The van der Waals surface area contributed by atoms with Crippen molar-refractivity contribution in [1.82, 2.24) is 9.21 Å². The fourth-order valence-corrected chi connectivity index (χ4v) is 5.10. The summed E-state index contributed by atoms with van der Waals surface area (Å²) < 4.78 is 38.8. The summed E-state index contributed by atoms with van der Waals surface area (Å²) in [6.07, 6.45) is 3.39. The van der Waals surface area contributed by atoms with E-state index in [-0.39, 0.29) is 42.5 Å². The van der Waals surface area contributed by atoms with Crippen LogP contribution in [0.2, 0.25) is 0 Å². The molecule has 1 aromatic carbocycles. The lowest BCUT2D eigenvalue weighted by Gasteiger charge is -2.29. The summed E-state index contributed by atoms with van der Waals surface area (Å²) in [6.45, 7) is 5.30. The van der Waals surface area contributed by atoms with Gasteiger partial charge in [-0.1, -0.05) is 32.0 Å². The third kappa shape index (κ3) is 5.93. The first-order valence-electron chi connectivity index (χ1n) is 10.3. The molecular formula is C22H30N2O5S. The van der Waals surface area contributed by atoms with Crippen LogP contribution < -0.4 is 0 Å². The fourth-order valence-electron chi connectivity index (χ4n) is 3.53. The maximum atomic E-state index is 13.2. The standard InChI is InChI=1S/C22H30N2O5S/c1-18(2)14-24(30(26,27)21-10-4-3-5-11-21)17-22(25)23(15-19-8-6-12-28-19)16-20-9-7-13-29-20/h3-6,8,10-12,18,20H,7,9,13-17H2,1-2H3. The van der Waals surface area contributed by atoms with Crippen molar-refractivity contribution in [3.05, 3.63) is 54.5 Å². The molecule has 0 saturated carbocycles. The van der Waals surface area contributed by atoms with E-state index >= 15 is 0 Å². The van der Waals surface area contributed by atoms with Crippen molar-refractivity contribution in [2.24, 2.45) is 5.92 Å². The van der Waals surface area contributed by atoms with E-state index in [1.165, 1.54) is 4.31 Å². The molecule has 1 aromatic heterocycles. The number of hydrogen-bond acceptors (Lipinski definition) is 5. The molecule has 2 aromatic rings. The Balaban J connectivity index is 1.80. The van der Waals surface area contributed by atoms with Crippen LogP contribution in [0.4, 0.5) is 0 Å². The van der Waals surface area contributed by atoms with Gasteiger partial charge in [-0.25, -0.2) is 8.42 Å². The smallest absolute Gasteiger partial charge is 0.243 e. The Bertz CT molecular complexity index is 891. The maximum Gasteiger partial charge on any atom is 0.243 e. The zero-order valence-corrected chi connectivity index (χ0v) is 18.4. The average molecular weight is 435 g/mol. The van der Waals surface area contributed by atoms with Crippen LogP contribution in [0.15, 0.2) is 58.0 Å². The molecule has 7 nitrogen and oxygen atoms in total. The van der Waals surface area contributed by atoms with Gasteiger partial charge in [-0.15, -0.1) is 0 Å². The Hall–Kier alpha value is -2.16. The summed E-state index contributed by atoms with van der Waals surface area (Å²) >= 11 is 0. The minimum absolute atomic E-state index is 0.0341. The van der Waals surface area contributed by atoms with Gasteiger partial charge in [0.1, 0.15) is 5.76 Å². The van der Waals surface area contributed by atoms with Crippen molar-refractivity contribution in [1.29, 1.82) is 0 Å². The van der Waals surface area contributed by atoms with Gasteiger partial charge in [0.15, 0.2) is 0 Å². The van der Waals surface area contributed by atoms with E-state index in [1.807, 2.05) is 19.9 Å². The second-order valence-electron chi connectivity index (χ2n) is 7.99. The molecule has 2 heterocycles. The number of ether oxygens (including phenoxy) is 1. The highest BCUT2D eigenvalue weighted by atomic mass is 32.2. The minimum atomic E-state index is -3.78. The van der Waals surface area contributed by atoms with Gasteiger partial charge in [0.25, 0.3) is 0 Å². The van der Waals surface area contributed by atoms with Crippen LogP contribution in [0.25, 0.3) is 0 Å². The van der Waals surface area contributed by atoms with Crippen LogP contribution in [0.1, 0.15) is 32.4 Å². The van der Waals surface area contributed by atoms with Crippen LogP contribution in [-0.4, -0.2) is 55.9 Å². The largest absolute Gasteiger partial charge is 0.467 e. The van der Waals surface area contributed by atoms with E-state index in [4.69, 9.17) is 9.15 Å². The molecule has 0 aliphatic carbocycles. The SMILES string of the molecule is CC(C)CN(CC(=O)N(Cc1ccco1)CC1CCCO1)S(=O)(=O)c1ccccc1. The summed E-state index contributed by atoms with van der Waals surface area (Å²) in [6, 6.07) is 11.8. The molecular weight excluding hydrogens is 404 g/mol. The third-order valence-corrected chi connectivity index (χ3v) is 6.81. The van der Waals surface area contributed by atoms with E-state index in [9.17, 15) is 13.2 Å². The van der Waals surface area contributed by atoms with Crippen molar-refractivity contribution < 1.29 is 22.4 Å². The molecule has 1 amide bonds. The number of furan rings is 1. The molecule has 0 radical (unpaired) electrons. The number of rotatable bonds is 10. The minimum Gasteiger partial charge on any atom is -0.467 e. The first-order valence-corrected chi connectivity index (χ1v) is 11.8. The molecule has 0 N–H and O–H groups in total. The van der Waals surface area contributed by atoms with Gasteiger partial charge in [0.2, 0.25) is 15.9 Å². The number of amides is 1. The van der Waals surface area contributed by atoms with Gasteiger partial charge in [-0.2, -0.15) is 4.31 Å². The lowest BCUT2D eigenvalue weighted by atomic mass is 10.2. The highest BCUT2D eigenvalue weighted by Gasteiger charge is 2.30. The Kier molecular flexibility index (Phi) is 7.69. The molecule has 3 rings (SSSR count). The predicted octanol–water partition coefficient (Wildman–Crippen LogP) is 3.13. The maximum absolute atomic E-state index is 13.2. The number of carbonyl (C=O) groups excluding carboxylic acids is 1. The Morgan fingerprint density at radius 3 is 2.53 bits per heavy atom. The molecule has 1 unspecified atom stereocenters. The Labute approximate surface area is 178 Å². The van der Waals surface area contributed by atoms with Crippen molar-refractivity contribution in [3.8, 4) is 0 Å². The monoisotopic (exact) mass is 434 g/mol. The summed E-state index contributed by atoms with van der Waals surface area (Å²) in [7, 11) is -3.78. The van der Waals surface area contributed by atoms with Crippen molar-refractivity contribution in [2.45, 2.75) is 44.2 Å². The van der Waals surface area contributed by atoms with Crippen LogP contribution in [-0.2, 0) is 26.1 Å². The van der Waals surface area contributed by atoms with E-state index in [2.05, 4.69) is 0 Å². The molecule has 30 heavy (non-hydrogen) atoms. The number of nitrogens with zero attached hydrogens (tertiary/aromatic N) is 2. The second kappa shape index (κ2) is 10.2. The van der Waals surface area contributed by atoms with E-state index in [0.29, 0.717) is 18.9 Å². The van der Waals surface area contributed by atoms with E-state index in [1.54, 1.807) is 47.6 Å². The van der Waals surface area contributed by atoms with Gasteiger partial charge in [-0.05, 0) is 43.0 Å². The summed E-state index contributed by atoms with van der Waals surface area (Å²) in [5.41, 5.74) is 0. The van der Waals surface area contributed by atoms with Crippen molar-refractivity contribution in [2.75, 3.05) is 26.2 Å². The van der Waals surface area contributed by atoms with Crippen molar-refractivity contribution >= 4 is 15.9 Å². The summed E-state index contributed by atoms with van der Waals surface area (Å²) in [5, 5.41) is 0. The first kappa shape index (κ1) is 22.5. The molecule has 0 bridgehead atoms. The van der Waals surface area contributed by atoms with E-state index in [0.717, 1.165) is 12.8 Å². The highest BCUT2D eigenvalue weighted by molar-refractivity contribution is 7.89. The van der Waals surface area contributed by atoms with E-state index < -0.39 is 10.0 Å². The molecule has 1 aliphatic heterocycles. The number of benzene rings is 1. The molecule has 8 heteroatoms. The lowest BCUT2D eigenvalue weighted by molar-refractivity contribution is -0.134. The van der Waals surface area contributed by atoms with Gasteiger partial charge < -0.3 is 14.1 Å². The summed E-state index contributed by atoms with van der Waals surface area (Å²) in [5.74, 6) is 0.470. The zero-order valence-electron chi connectivity index (χ0n) is 17.6. The first-order chi connectivity index (χ1) is 14.4. The average Bonchev–Trinajstić information content (AvgIpc) is 3.41. The van der Waals surface area contributed by atoms with Gasteiger partial charge in [0.05, 0.1) is 30.4 Å². The van der Waals surface area contributed by atoms with Crippen LogP contribution >= 0.6 is 0 Å². The number of hydrogen-bond donors (Lipinski definition) is 0. The quantitative estimate of drug-likeness (QED) is 0.574. The third-order valence-electron chi connectivity index (χ3n) is 4.99. The molecule has 1 aliphatic rings. The molecule has 1 fully saturated rings.